The number of ether oxygens (including phenoxy) is 1. The van der Waals surface area contributed by atoms with Gasteiger partial charge in [0.2, 0.25) is 11.9 Å². The first-order valence-electron chi connectivity index (χ1n) is 12.5. The molecule has 2 N–H and O–H groups in total. The minimum Gasteiger partial charge on any atom is -0.489 e. The number of hydrogen-bond donors (Lipinski definition) is 1. The zero-order chi connectivity index (χ0) is 27.5. The van der Waals surface area contributed by atoms with Crippen molar-refractivity contribution in [2.75, 3.05) is 80.5 Å². The van der Waals surface area contributed by atoms with Crippen LogP contribution in [0.1, 0.15) is 0 Å². The van der Waals surface area contributed by atoms with Crippen molar-refractivity contribution in [2.24, 2.45) is 0 Å². The summed E-state index contributed by atoms with van der Waals surface area (Å²) >= 11 is 0. The maximum atomic E-state index is 14.6. The van der Waals surface area contributed by atoms with Gasteiger partial charge in [-0.1, -0.05) is 0 Å². The first-order valence-corrected chi connectivity index (χ1v) is 14.2. The van der Waals surface area contributed by atoms with Crippen molar-refractivity contribution >= 4 is 34.0 Å². The third-order valence-corrected chi connectivity index (χ3v) is 7.29. The quantitative estimate of drug-likeness (QED) is 0.309. The minimum atomic E-state index is -1.06. The van der Waals surface area contributed by atoms with E-state index >= 15 is 0 Å². The highest BCUT2D eigenvalue weighted by Crippen LogP contribution is 2.29. The highest BCUT2D eigenvalue weighted by molar-refractivity contribution is 7.84. The first-order chi connectivity index (χ1) is 18.8. The van der Waals surface area contributed by atoms with Gasteiger partial charge in [0, 0.05) is 81.6 Å². The Labute approximate surface area is 226 Å². The second-order valence-corrected chi connectivity index (χ2v) is 10.8. The standard InChI is InChI=1S/C25H30F2N8O3S/c1-32(25-29-23-15-19(21-4-3-11-37-21)31-35(23)24(28)30-25)5-6-33-7-9-34(10-8-33)20-16-22(18(27)14-17(20)26)38-12-13-39(2)36/h3-4,11,14-16H,5-10,12-13H2,1-2H3,(H2,28,29,30). The summed E-state index contributed by atoms with van der Waals surface area (Å²) in [6, 6.07) is 7.62. The molecule has 11 nitrogen and oxygen atoms in total. The van der Waals surface area contributed by atoms with E-state index in [1.807, 2.05) is 22.9 Å². The number of nitrogen functional groups attached to an aromatic ring is 1. The molecule has 5 rings (SSSR count). The van der Waals surface area contributed by atoms with E-state index < -0.39 is 22.4 Å². The molecular formula is C25H30F2N8O3S. The van der Waals surface area contributed by atoms with Crippen LogP contribution in [0, 0.1) is 11.6 Å². The van der Waals surface area contributed by atoms with E-state index in [1.54, 1.807) is 24.7 Å². The molecule has 1 saturated heterocycles. The van der Waals surface area contributed by atoms with Crippen LogP contribution in [-0.2, 0) is 10.8 Å². The fourth-order valence-electron chi connectivity index (χ4n) is 4.36. The first kappa shape index (κ1) is 26.8. The number of halogens is 2. The van der Waals surface area contributed by atoms with E-state index in [-0.39, 0.29) is 24.1 Å². The van der Waals surface area contributed by atoms with Gasteiger partial charge in [0.25, 0.3) is 0 Å². The Hall–Kier alpha value is -3.78. The largest absolute Gasteiger partial charge is 0.489 e. The maximum absolute atomic E-state index is 14.6. The SMILES string of the molecule is CN(CCN1CCN(c2cc(OCCS(C)=O)c(F)cc2F)CC1)c1nc(N)n2nc(-c3ccco3)cc2n1. The van der Waals surface area contributed by atoms with Gasteiger partial charge in [-0.2, -0.15) is 19.6 Å². The van der Waals surface area contributed by atoms with Crippen LogP contribution in [0.4, 0.5) is 26.4 Å². The number of rotatable bonds is 10. The molecule has 4 heterocycles. The average Bonchev–Trinajstić information content (AvgIpc) is 3.59. The smallest absolute Gasteiger partial charge is 0.230 e. The van der Waals surface area contributed by atoms with E-state index in [2.05, 4.69) is 20.0 Å². The summed E-state index contributed by atoms with van der Waals surface area (Å²) in [6.07, 6.45) is 3.13. The lowest BCUT2D eigenvalue weighted by molar-refractivity contribution is 0.262. The van der Waals surface area contributed by atoms with E-state index in [4.69, 9.17) is 14.9 Å². The lowest BCUT2D eigenvalue weighted by Gasteiger charge is -2.37. The second kappa shape index (κ2) is 11.5. The van der Waals surface area contributed by atoms with Gasteiger partial charge in [-0.05, 0) is 12.1 Å². The van der Waals surface area contributed by atoms with Crippen molar-refractivity contribution in [3.05, 3.63) is 48.2 Å². The van der Waals surface area contributed by atoms with Gasteiger partial charge in [0.15, 0.2) is 23.0 Å². The molecule has 39 heavy (non-hydrogen) atoms. The molecule has 1 fully saturated rings. The molecule has 1 atom stereocenters. The third kappa shape index (κ3) is 6.11. The predicted octanol–water partition coefficient (Wildman–Crippen LogP) is 2.26. The molecule has 0 amide bonds. The van der Waals surface area contributed by atoms with Gasteiger partial charge >= 0.3 is 0 Å². The van der Waals surface area contributed by atoms with Gasteiger partial charge in [-0.25, -0.2) is 8.78 Å². The van der Waals surface area contributed by atoms with Crippen molar-refractivity contribution in [1.82, 2.24) is 24.5 Å². The van der Waals surface area contributed by atoms with E-state index in [0.29, 0.717) is 61.5 Å². The van der Waals surface area contributed by atoms with E-state index in [0.717, 1.165) is 12.6 Å². The van der Waals surface area contributed by atoms with Crippen molar-refractivity contribution in [2.45, 2.75) is 0 Å². The molecule has 1 aromatic carbocycles. The minimum absolute atomic E-state index is 0.0355. The summed E-state index contributed by atoms with van der Waals surface area (Å²) in [5, 5.41) is 4.42. The number of benzene rings is 1. The number of nitrogens with two attached hydrogens (primary N) is 1. The van der Waals surface area contributed by atoms with Gasteiger partial charge < -0.3 is 24.7 Å². The molecule has 0 bridgehead atoms. The number of likely N-dealkylation sites (N-methyl/N-ethyl adjacent to an activating group) is 1. The summed E-state index contributed by atoms with van der Waals surface area (Å²) in [5.74, 6) is 0.165. The Morgan fingerprint density at radius 1 is 1.15 bits per heavy atom. The lowest BCUT2D eigenvalue weighted by Crippen LogP contribution is -2.48. The Morgan fingerprint density at radius 3 is 2.67 bits per heavy atom. The fourth-order valence-corrected chi connectivity index (χ4v) is 4.67. The number of furan rings is 1. The molecule has 3 aromatic heterocycles. The molecule has 4 aromatic rings. The molecule has 1 aliphatic rings. The molecule has 1 aliphatic heterocycles. The average molecular weight is 561 g/mol. The topological polar surface area (TPSA) is 118 Å². The van der Waals surface area contributed by atoms with Crippen LogP contribution >= 0.6 is 0 Å². The summed E-state index contributed by atoms with van der Waals surface area (Å²) in [6.45, 7) is 4.04. The van der Waals surface area contributed by atoms with Crippen molar-refractivity contribution < 1.29 is 22.1 Å². The molecule has 0 saturated carbocycles. The Kier molecular flexibility index (Phi) is 7.93. The second-order valence-electron chi connectivity index (χ2n) is 9.27. The molecule has 0 radical (unpaired) electrons. The highest BCUT2D eigenvalue weighted by atomic mass is 32.2. The maximum Gasteiger partial charge on any atom is 0.230 e. The molecule has 208 valence electrons. The van der Waals surface area contributed by atoms with Crippen molar-refractivity contribution in [3.8, 4) is 17.2 Å². The van der Waals surface area contributed by atoms with Crippen LogP contribution in [0.5, 0.6) is 5.75 Å². The van der Waals surface area contributed by atoms with Crippen LogP contribution in [0.15, 0.2) is 41.0 Å². The fraction of sp³-hybridized carbons (Fsp3) is 0.400. The summed E-state index contributed by atoms with van der Waals surface area (Å²) in [5.41, 5.74) is 7.63. The zero-order valence-electron chi connectivity index (χ0n) is 21.7. The van der Waals surface area contributed by atoms with Crippen LogP contribution in [-0.4, -0.2) is 93.6 Å². The van der Waals surface area contributed by atoms with Crippen molar-refractivity contribution in [3.63, 3.8) is 0 Å². The van der Waals surface area contributed by atoms with Crippen molar-refractivity contribution in [1.29, 1.82) is 0 Å². The monoisotopic (exact) mass is 560 g/mol. The Bertz CT molecular complexity index is 1460. The van der Waals surface area contributed by atoms with Gasteiger partial charge in [-0.15, -0.1) is 0 Å². The molecular weight excluding hydrogens is 530 g/mol. The van der Waals surface area contributed by atoms with Gasteiger partial charge in [-0.3, -0.25) is 9.11 Å². The Morgan fingerprint density at radius 2 is 1.95 bits per heavy atom. The number of fused-ring (bicyclic) bond motifs is 1. The predicted molar refractivity (Wildman–Crippen MR) is 146 cm³/mol. The molecule has 0 aliphatic carbocycles. The third-order valence-electron chi connectivity index (χ3n) is 6.55. The summed E-state index contributed by atoms with van der Waals surface area (Å²) in [4.78, 5) is 15.1. The van der Waals surface area contributed by atoms with E-state index in [1.165, 1.54) is 10.6 Å². The zero-order valence-corrected chi connectivity index (χ0v) is 22.5. The number of aromatic nitrogens is 4. The number of piperazine rings is 1. The molecule has 1 unspecified atom stereocenters. The number of hydrogen-bond acceptors (Lipinski definition) is 10. The molecule has 0 spiro atoms. The highest BCUT2D eigenvalue weighted by Gasteiger charge is 2.22. The van der Waals surface area contributed by atoms with Gasteiger partial charge in [0.1, 0.15) is 11.5 Å². The van der Waals surface area contributed by atoms with Crippen LogP contribution in [0.3, 0.4) is 0 Å². The normalized spacial score (nSPS) is 15.1. The van der Waals surface area contributed by atoms with Crippen LogP contribution < -0.4 is 20.3 Å². The lowest BCUT2D eigenvalue weighted by atomic mass is 10.2. The molecule has 14 heteroatoms. The van der Waals surface area contributed by atoms with Gasteiger partial charge in [0.05, 0.1) is 24.3 Å². The Balaban J connectivity index is 1.17. The van der Waals surface area contributed by atoms with E-state index in [9.17, 15) is 13.0 Å². The summed E-state index contributed by atoms with van der Waals surface area (Å²) in [7, 11) is 0.841. The number of anilines is 3. The number of nitrogens with zero attached hydrogens (tertiary/aromatic N) is 7. The summed E-state index contributed by atoms with van der Waals surface area (Å²) < 4.78 is 52.3. The van der Waals surface area contributed by atoms with Crippen LogP contribution in [0.25, 0.3) is 17.1 Å². The van der Waals surface area contributed by atoms with Crippen LogP contribution in [0.2, 0.25) is 0 Å².